The summed E-state index contributed by atoms with van der Waals surface area (Å²) in [5.74, 6) is -1.13. The van der Waals surface area contributed by atoms with Crippen LogP contribution in [0.3, 0.4) is 0 Å². The first-order chi connectivity index (χ1) is 14.9. The predicted octanol–water partition coefficient (Wildman–Crippen LogP) is 3.82. The highest BCUT2D eigenvalue weighted by Crippen LogP contribution is 2.20. The lowest BCUT2D eigenvalue weighted by Crippen LogP contribution is -2.41. The summed E-state index contributed by atoms with van der Waals surface area (Å²) in [6.45, 7) is 4.51. The minimum atomic E-state index is -0.887. The number of nitrogens with one attached hydrogen (secondary N) is 1. The number of ether oxygens (including phenoxy) is 1. The average molecular weight is 421 g/mol. The van der Waals surface area contributed by atoms with Crippen molar-refractivity contribution in [1.29, 1.82) is 0 Å². The van der Waals surface area contributed by atoms with E-state index in [2.05, 4.69) is 5.32 Å². The molecule has 0 radical (unpaired) electrons. The van der Waals surface area contributed by atoms with Gasteiger partial charge in [0.15, 0.2) is 6.10 Å². The number of carbonyl (C=O) groups excluding carboxylic acids is 3. The van der Waals surface area contributed by atoms with Gasteiger partial charge in [-0.25, -0.2) is 0 Å². The number of anilines is 1. The number of esters is 1. The number of likely N-dealkylation sites (tertiary alicyclic amines) is 1. The maximum atomic E-state index is 12.5. The molecule has 0 aliphatic carbocycles. The van der Waals surface area contributed by atoms with Gasteiger partial charge in [0.2, 0.25) is 5.91 Å². The minimum Gasteiger partial charge on any atom is -0.452 e. The van der Waals surface area contributed by atoms with Gasteiger partial charge >= 0.3 is 5.97 Å². The molecule has 1 heterocycles. The van der Waals surface area contributed by atoms with Gasteiger partial charge in [-0.15, -0.1) is 0 Å². The summed E-state index contributed by atoms with van der Waals surface area (Å²) < 4.78 is 5.38. The summed E-state index contributed by atoms with van der Waals surface area (Å²) in [5, 5.41) is 2.75. The molecule has 6 heteroatoms. The number of hydrogen-bond donors (Lipinski definition) is 1. The summed E-state index contributed by atoms with van der Waals surface area (Å²) in [6, 6.07) is 17.0. The van der Waals surface area contributed by atoms with Crippen LogP contribution in [0.5, 0.6) is 0 Å². The zero-order valence-corrected chi connectivity index (χ0v) is 17.9. The van der Waals surface area contributed by atoms with E-state index in [1.165, 1.54) is 0 Å². The lowest BCUT2D eigenvalue weighted by Gasteiger charge is -2.30. The van der Waals surface area contributed by atoms with Crippen molar-refractivity contribution >= 4 is 29.5 Å². The van der Waals surface area contributed by atoms with Crippen LogP contribution < -0.4 is 5.32 Å². The molecule has 2 aromatic rings. The van der Waals surface area contributed by atoms with Gasteiger partial charge in [-0.05, 0) is 50.5 Å². The third kappa shape index (κ3) is 6.54. The Bertz CT molecular complexity index is 930. The lowest BCUT2D eigenvalue weighted by molar-refractivity contribution is -0.159. The van der Waals surface area contributed by atoms with E-state index in [9.17, 15) is 14.4 Å². The Morgan fingerprint density at radius 2 is 1.68 bits per heavy atom. The van der Waals surface area contributed by atoms with E-state index >= 15 is 0 Å². The van der Waals surface area contributed by atoms with E-state index in [0.717, 1.165) is 11.1 Å². The Morgan fingerprint density at radius 3 is 2.32 bits per heavy atom. The molecule has 0 saturated carbocycles. The highest BCUT2D eigenvalue weighted by molar-refractivity contribution is 5.95. The van der Waals surface area contributed by atoms with Crippen molar-refractivity contribution < 1.29 is 19.1 Å². The normalized spacial score (nSPS) is 15.5. The Kier molecular flexibility index (Phi) is 7.60. The van der Waals surface area contributed by atoms with Crippen LogP contribution in [-0.2, 0) is 19.1 Å². The molecular formula is C25H28N2O4. The van der Waals surface area contributed by atoms with Crippen LogP contribution in [0.2, 0.25) is 0 Å². The fraction of sp³-hybridized carbons (Fsp3) is 0.320. The van der Waals surface area contributed by atoms with E-state index in [1.54, 1.807) is 36.1 Å². The van der Waals surface area contributed by atoms with E-state index in [0.29, 0.717) is 31.6 Å². The Hall–Kier alpha value is -3.41. The van der Waals surface area contributed by atoms with E-state index in [4.69, 9.17) is 4.74 Å². The number of amides is 2. The molecule has 0 unspecified atom stereocenters. The molecular weight excluding hydrogens is 392 g/mol. The second kappa shape index (κ2) is 10.6. The van der Waals surface area contributed by atoms with Gasteiger partial charge < -0.3 is 15.0 Å². The quantitative estimate of drug-likeness (QED) is 0.569. The summed E-state index contributed by atoms with van der Waals surface area (Å²) in [7, 11) is 0. The number of carbonyl (C=O) groups is 3. The van der Waals surface area contributed by atoms with Gasteiger partial charge in [-0.1, -0.05) is 48.0 Å². The Morgan fingerprint density at radius 1 is 1.03 bits per heavy atom. The molecule has 31 heavy (non-hydrogen) atoms. The molecule has 6 nitrogen and oxygen atoms in total. The van der Waals surface area contributed by atoms with E-state index in [1.807, 2.05) is 49.4 Å². The lowest BCUT2D eigenvalue weighted by atomic mass is 9.97. The van der Waals surface area contributed by atoms with Crippen molar-refractivity contribution in [1.82, 2.24) is 4.90 Å². The monoisotopic (exact) mass is 420 g/mol. The SMILES string of the molecule is Cc1ccc(NC(=O)[C@H](C)OC(=O)C2CCN(C(=O)/C=C/c3ccccc3)CC2)cc1. The number of piperidine rings is 1. The molecule has 1 fully saturated rings. The topological polar surface area (TPSA) is 75.7 Å². The molecule has 0 spiro atoms. The standard InChI is InChI=1S/C25H28N2O4/c1-18-8-11-22(12-9-18)26-24(29)19(2)31-25(30)21-14-16-27(17-15-21)23(28)13-10-20-6-4-3-5-7-20/h3-13,19,21H,14-17H2,1-2H3,(H,26,29)/b13-10+/t19-/m0/s1. The summed E-state index contributed by atoms with van der Waals surface area (Å²) in [6.07, 6.45) is 3.51. The molecule has 1 saturated heterocycles. The van der Waals surface area contributed by atoms with Crippen LogP contribution in [0.15, 0.2) is 60.7 Å². The third-order valence-electron chi connectivity index (χ3n) is 5.34. The summed E-state index contributed by atoms with van der Waals surface area (Å²) in [4.78, 5) is 38.9. The van der Waals surface area contributed by atoms with E-state index in [-0.39, 0.29) is 17.7 Å². The first-order valence-corrected chi connectivity index (χ1v) is 10.5. The van der Waals surface area contributed by atoms with Crippen molar-refractivity contribution in [2.75, 3.05) is 18.4 Å². The number of rotatable bonds is 6. The third-order valence-corrected chi connectivity index (χ3v) is 5.34. The fourth-order valence-corrected chi connectivity index (χ4v) is 3.38. The van der Waals surface area contributed by atoms with Crippen LogP contribution in [0, 0.1) is 12.8 Å². The fourth-order valence-electron chi connectivity index (χ4n) is 3.38. The first kappa shape index (κ1) is 22.3. The first-order valence-electron chi connectivity index (χ1n) is 10.5. The Labute approximate surface area is 182 Å². The molecule has 2 amide bonds. The van der Waals surface area contributed by atoms with Crippen LogP contribution in [-0.4, -0.2) is 41.9 Å². The number of aryl methyl sites for hydroxylation is 1. The average Bonchev–Trinajstić information content (AvgIpc) is 2.79. The molecule has 2 aromatic carbocycles. The Balaban J connectivity index is 1.44. The molecule has 0 bridgehead atoms. The zero-order valence-electron chi connectivity index (χ0n) is 17.9. The van der Waals surface area contributed by atoms with Gasteiger partial charge in [0, 0.05) is 24.9 Å². The maximum absolute atomic E-state index is 12.5. The van der Waals surface area contributed by atoms with Crippen LogP contribution in [0.25, 0.3) is 6.08 Å². The van der Waals surface area contributed by atoms with E-state index < -0.39 is 12.1 Å². The van der Waals surface area contributed by atoms with Crippen molar-refractivity contribution in [3.8, 4) is 0 Å². The highest BCUT2D eigenvalue weighted by atomic mass is 16.5. The minimum absolute atomic E-state index is 0.0680. The van der Waals surface area contributed by atoms with Crippen molar-refractivity contribution in [2.45, 2.75) is 32.8 Å². The van der Waals surface area contributed by atoms with Gasteiger partial charge in [-0.2, -0.15) is 0 Å². The summed E-state index contributed by atoms with van der Waals surface area (Å²) in [5.41, 5.74) is 2.72. The molecule has 1 N–H and O–H groups in total. The van der Waals surface area contributed by atoms with Crippen molar-refractivity contribution in [3.63, 3.8) is 0 Å². The van der Waals surface area contributed by atoms with Crippen LogP contribution in [0.1, 0.15) is 30.9 Å². The predicted molar refractivity (Wildman–Crippen MR) is 120 cm³/mol. The highest BCUT2D eigenvalue weighted by Gasteiger charge is 2.30. The van der Waals surface area contributed by atoms with Gasteiger partial charge in [0.05, 0.1) is 5.92 Å². The van der Waals surface area contributed by atoms with Crippen LogP contribution in [0.4, 0.5) is 5.69 Å². The second-order valence-electron chi connectivity index (χ2n) is 7.78. The van der Waals surface area contributed by atoms with Crippen molar-refractivity contribution in [3.05, 3.63) is 71.8 Å². The van der Waals surface area contributed by atoms with Gasteiger partial charge in [-0.3, -0.25) is 14.4 Å². The van der Waals surface area contributed by atoms with Gasteiger partial charge in [0.25, 0.3) is 5.91 Å². The second-order valence-corrected chi connectivity index (χ2v) is 7.78. The maximum Gasteiger partial charge on any atom is 0.309 e. The number of hydrogen-bond acceptors (Lipinski definition) is 4. The number of nitrogens with zero attached hydrogens (tertiary/aromatic N) is 1. The number of benzene rings is 2. The smallest absolute Gasteiger partial charge is 0.309 e. The molecule has 1 aliphatic heterocycles. The van der Waals surface area contributed by atoms with Crippen LogP contribution >= 0.6 is 0 Å². The molecule has 162 valence electrons. The van der Waals surface area contributed by atoms with Gasteiger partial charge in [0.1, 0.15) is 0 Å². The molecule has 1 aliphatic rings. The van der Waals surface area contributed by atoms with Crippen molar-refractivity contribution in [2.24, 2.45) is 5.92 Å². The molecule has 0 aromatic heterocycles. The zero-order chi connectivity index (χ0) is 22.2. The molecule has 1 atom stereocenters. The summed E-state index contributed by atoms with van der Waals surface area (Å²) >= 11 is 0. The molecule has 3 rings (SSSR count). The largest absolute Gasteiger partial charge is 0.452 e.